The van der Waals surface area contributed by atoms with E-state index in [0.717, 1.165) is 42.1 Å². The first-order valence-corrected chi connectivity index (χ1v) is 18.9. The molecule has 3 fully saturated rings. The van der Waals surface area contributed by atoms with E-state index in [4.69, 9.17) is 4.74 Å². The van der Waals surface area contributed by atoms with Gasteiger partial charge in [0.25, 0.3) is 0 Å². The summed E-state index contributed by atoms with van der Waals surface area (Å²) in [6, 6.07) is 18.7. The first kappa shape index (κ1) is 32.5. The average molecular weight is 670 g/mol. The third-order valence-corrected chi connectivity index (χ3v) is 12.4. The number of hydrogen-bond donors (Lipinski definition) is 1. The molecule has 48 heavy (non-hydrogen) atoms. The Morgan fingerprint density at radius 2 is 1.77 bits per heavy atom. The van der Waals surface area contributed by atoms with Gasteiger partial charge in [0.1, 0.15) is 11.9 Å². The number of sulfonamides is 1. The van der Waals surface area contributed by atoms with Crippen LogP contribution in [-0.2, 0) is 30.8 Å². The van der Waals surface area contributed by atoms with Gasteiger partial charge in [-0.05, 0) is 74.6 Å². The molecule has 1 saturated heterocycles. The lowest BCUT2D eigenvalue weighted by atomic mass is 9.90. The summed E-state index contributed by atoms with van der Waals surface area (Å²) in [7, 11) is -3.78. The Hall–Kier alpha value is -4.05. The van der Waals surface area contributed by atoms with Crippen molar-refractivity contribution in [2.45, 2.75) is 88.0 Å². The lowest BCUT2D eigenvalue weighted by molar-refractivity contribution is -0.142. The van der Waals surface area contributed by atoms with Gasteiger partial charge in [0, 0.05) is 30.3 Å². The summed E-state index contributed by atoms with van der Waals surface area (Å²) in [6.07, 6.45) is 11.9. The minimum atomic E-state index is -3.78. The molecule has 7 rings (SSSR count). The van der Waals surface area contributed by atoms with Crippen LogP contribution in [-0.4, -0.2) is 59.8 Å². The molecule has 9 nitrogen and oxygen atoms in total. The van der Waals surface area contributed by atoms with Crippen molar-refractivity contribution >= 4 is 38.5 Å². The van der Waals surface area contributed by atoms with Crippen LogP contribution in [0.2, 0.25) is 0 Å². The third-order valence-electron chi connectivity index (χ3n) is 10.6. The Kier molecular flexibility index (Phi) is 9.11. The van der Waals surface area contributed by atoms with Crippen molar-refractivity contribution in [3.05, 3.63) is 84.6 Å². The standard InChI is InChI=1S/C38H43N3O6S/c42-34-24-38(37(44)40-48(45,46)30-17-18-30)23-28(38)14-8-3-1-2-7-13-27(21-26-11-5-4-6-12-26)36(43)41-25-29(22-33(34)41)47-35-19-20-39-32-16-10-9-15-31(32)35/h4-6,8-12,14-16,19-20,27-30,33H,1-3,7,13,17-18,21-25H2,(H,40,44)/b14-8-/t27-,28+,29-,33+,38-/m1/s1. The fourth-order valence-electron chi connectivity index (χ4n) is 7.57. The molecule has 0 bridgehead atoms. The normalized spacial score (nSPS) is 28.9. The highest BCUT2D eigenvalue weighted by Gasteiger charge is 2.61. The SMILES string of the molecule is O=C1C[C@]2(C(=O)NS(=O)(=O)C3CC3)C[C@@H]2/C=C\CCCCC[C@H](Cc2ccccc2)C(=O)N2C[C@H](Oc3ccnc4ccccc34)C[C@@H]12. The fourth-order valence-corrected chi connectivity index (χ4v) is 8.96. The Morgan fingerprint density at radius 1 is 0.979 bits per heavy atom. The van der Waals surface area contributed by atoms with E-state index >= 15 is 0 Å². The van der Waals surface area contributed by atoms with Crippen LogP contribution in [0, 0.1) is 17.3 Å². The number of carbonyl (C=O) groups excluding carboxylic acids is 3. The van der Waals surface area contributed by atoms with Gasteiger partial charge < -0.3 is 9.64 Å². The highest BCUT2D eigenvalue weighted by Crippen LogP contribution is 2.57. The van der Waals surface area contributed by atoms with Crippen LogP contribution in [0.3, 0.4) is 0 Å². The van der Waals surface area contributed by atoms with Crippen LogP contribution in [0.5, 0.6) is 5.75 Å². The van der Waals surface area contributed by atoms with Crippen LogP contribution in [0.25, 0.3) is 10.9 Å². The summed E-state index contributed by atoms with van der Waals surface area (Å²) in [6.45, 7) is 0.246. The lowest BCUT2D eigenvalue weighted by Gasteiger charge is -2.29. The van der Waals surface area contributed by atoms with E-state index in [0.29, 0.717) is 37.9 Å². The highest BCUT2D eigenvalue weighted by atomic mass is 32.2. The fraction of sp³-hybridized carbons (Fsp3) is 0.474. The van der Waals surface area contributed by atoms with Gasteiger partial charge in [0.15, 0.2) is 5.78 Å². The summed E-state index contributed by atoms with van der Waals surface area (Å²) < 4.78 is 34.5. The maximum atomic E-state index is 14.5. The number of carbonyl (C=O) groups is 3. The van der Waals surface area contributed by atoms with Crippen molar-refractivity contribution in [3.63, 3.8) is 0 Å². The molecule has 2 saturated carbocycles. The molecule has 3 heterocycles. The van der Waals surface area contributed by atoms with E-state index < -0.39 is 38.7 Å². The minimum Gasteiger partial charge on any atom is -0.488 e. The molecule has 1 N–H and O–H groups in total. The number of Topliss-reactive ketones (excluding diaryl/α,β-unsaturated/α-hetero) is 1. The number of pyridine rings is 1. The highest BCUT2D eigenvalue weighted by molar-refractivity contribution is 7.90. The van der Waals surface area contributed by atoms with Gasteiger partial charge in [-0.3, -0.25) is 24.1 Å². The van der Waals surface area contributed by atoms with Crippen molar-refractivity contribution < 1.29 is 27.5 Å². The zero-order valence-electron chi connectivity index (χ0n) is 27.1. The largest absolute Gasteiger partial charge is 0.488 e. The predicted octanol–water partition coefficient (Wildman–Crippen LogP) is 5.54. The van der Waals surface area contributed by atoms with Gasteiger partial charge in [0.05, 0.1) is 28.8 Å². The molecule has 5 atom stereocenters. The van der Waals surface area contributed by atoms with Gasteiger partial charge in [0.2, 0.25) is 21.8 Å². The number of benzene rings is 2. The van der Waals surface area contributed by atoms with Gasteiger partial charge in [-0.15, -0.1) is 0 Å². The van der Waals surface area contributed by atoms with Crippen molar-refractivity contribution in [2.75, 3.05) is 6.54 Å². The summed E-state index contributed by atoms with van der Waals surface area (Å²) in [4.78, 5) is 48.8. The second-order valence-electron chi connectivity index (χ2n) is 14.0. The summed E-state index contributed by atoms with van der Waals surface area (Å²) in [5, 5.41) is 0.305. The molecule has 2 aliphatic heterocycles. The summed E-state index contributed by atoms with van der Waals surface area (Å²) in [5.74, 6) is -0.792. The molecule has 2 aliphatic carbocycles. The third kappa shape index (κ3) is 6.90. The number of ether oxygens (including phenoxy) is 1. The molecule has 0 radical (unpaired) electrons. The minimum absolute atomic E-state index is 0.0713. The van der Waals surface area contributed by atoms with Crippen LogP contribution in [0.4, 0.5) is 0 Å². The molecule has 0 spiro atoms. The number of amides is 2. The van der Waals surface area contributed by atoms with Crippen molar-refractivity contribution in [3.8, 4) is 5.75 Å². The second-order valence-corrected chi connectivity index (χ2v) is 16.0. The molecule has 1 aromatic heterocycles. The van der Waals surface area contributed by atoms with Gasteiger partial charge in [-0.1, -0.05) is 67.5 Å². The van der Waals surface area contributed by atoms with Crippen LogP contribution < -0.4 is 9.46 Å². The Balaban J connectivity index is 1.19. The molecular weight excluding hydrogens is 627 g/mol. The Bertz CT molecular complexity index is 1820. The molecule has 252 valence electrons. The second kappa shape index (κ2) is 13.5. The predicted molar refractivity (Wildman–Crippen MR) is 182 cm³/mol. The zero-order valence-corrected chi connectivity index (χ0v) is 27.9. The van der Waals surface area contributed by atoms with E-state index in [9.17, 15) is 22.8 Å². The number of hydrogen-bond acceptors (Lipinski definition) is 7. The molecule has 4 aliphatic rings. The van der Waals surface area contributed by atoms with E-state index in [2.05, 4.69) is 15.8 Å². The summed E-state index contributed by atoms with van der Waals surface area (Å²) in [5.41, 5.74) is 0.719. The number of aromatic nitrogens is 1. The number of rotatable bonds is 7. The number of para-hydroxylation sites is 1. The first-order valence-electron chi connectivity index (χ1n) is 17.3. The molecule has 0 unspecified atom stereocenters. The van der Waals surface area contributed by atoms with Gasteiger partial charge >= 0.3 is 0 Å². The number of nitrogens with zero attached hydrogens (tertiary/aromatic N) is 2. The summed E-state index contributed by atoms with van der Waals surface area (Å²) >= 11 is 0. The van der Waals surface area contributed by atoms with Gasteiger partial charge in [-0.25, -0.2) is 8.42 Å². The number of ketones is 1. The first-order chi connectivity index (χ1) is 23.2. The van der Waals surface area contributed by atoms with Crippen LogP contribution in [0.15, 0.2) is 79.0 Å². The monoisotopic (exact) mass is 669 g/mol. The maximum absolute atomic E-state index is 14.5. The van der Waals surface area contributed by atoms with Gasteiger partial charge in [-0.2, -0.15) is 0 Å². The topological polar surface area (TPSA) is 123 Å². The van der Waals surface area contributed by atoms with E-state index in [1.807, 2.05) is 60.7 Å². The number of nitrogens with one attached hydrogen (secondary N) is 1. The quantitative estimate of drug-likeness (QED) is 0.328. The number of fused-ring (bicyclic) bond motifs is 3. The molecule has 10 heteroatoms. The number of allylic oxidation sites excluding steroid dienone is 2. The Labute approximate surface area is 282 Å². The molecule has 3 aromatic rings. The lowest BCUT2D eigenvalue weighted by Crippen LogP contribution is -2.46. The van der Waals surface area contributed by atoms with Crippen LogP contribution >= 0.6 is 0 Å². The van der Waals surface area contributed by atoms with E-state index in [-0.39, 0.29) is 42.9 Å². The smallest absolute Gasteiger partial charge is 0.240 e. The van der Waals surface area contributed by atoms with Crippen molar-refractivity contribution in [2.24, 2.45) is 17.3 Å². The van der Waals surface area contributed by atoms with E-state index in [1.165, 1.54) is 0 Å². The van der Waals surface area contributed by atoms with Crippen molar-refractivity contribution in [1.29, 1.82) is 0 Å². The van der Waals surface area contributed by atoms with Crippen LogP contribution in [0.1, 0.15) is 69.8 Å². The van der Waals surface area contributed by atoms with E-state index in [1.54, 1.807) is 17.2 Å². The molecule has 2 aromatic carbocycles. The van der Waals surface area contributed by atoms with Crippen molar-refractivity contribution in [1.82, 2.24) is 14.6 Å². The Morgan fingerprint density at radius 3 is 2.58 bits per heavy atom. The molecule has 2 amide bonds. The molecular formula is C38H43N3O6S. The zero-order chi connectivity index (χ0) is 33.3. The maximum Gasteiger partial charge on any atom is 0.240 e. The average Bonchev–Trinajstić information content (AvgIpc) is 4.01.